The van der Waals surface area contributed by atoms with E-state index in [1.165, 1.54) is 0 Å². The zero-order valence-corrected chi connectivity index (χ0v) is 27.5. The summed E-state index contributed by atoms with van der Waals surface area (Å²) in [4.78, 5) is 22.7. The molecule has 2 N–H and O–H groups in total. The average molecular weight is 701 g/mol. The molecule has 47 heavy (non-hydrogen) atoms. The fourth-order valence-corrected chi connectivity index (χ4v) is 5.70. The molecule has 0 unspecified atom stereocenters. The van der Waals surface area contributed by atoms with E-state index >= 15 is 0 Å². The zero-order chi connectivity index (χ0) is 33.2. The van der Waals surface area contributed by atoms with Crippen molar-refractivity contribution in [3.05, 3.63) is 128 Å². The van der Waals surface area contributed by atoms with Gasteiger partial charge < -0.3 is 29.4 Å². The molecule has 11 nitrogen and oxygen atoms in total. The molecule has 0 saturated heterocycles. The van der Waals surface area contributed by atoms with Crippen LogP contribution < -0.4 is 19.5 Å². The number of carbonyl (C=O) groups excluding carboxylic acids is 1. The van der Waals surface area contributed by atoms with E-state index < -0.39 is 17.6 Å². The number of aliphatic imine (C=N–C) groups is 1. The Kier molecular flexibility index (Phi) is 11.0. The van der Waals surface area contributed by atoms with Crippen LogP contribution in [0, 0.1) is 0 Å². The third kappa shape index (κ3) is 7.52. The van der Waals surface area contributed by atoms with E-state index in [1.54, 1.807) is 44.6 Å². The van der Waals surface area contributed by atoms with Crippen molar-refractivity contribution in [2.45, 2.75) is 31.0 Å². The zero-order valence-electron chi connectivity index (χ0n) is 25.9. The van der Waals surface area contributed by atoms with Crippen LogP contribution in [-0.4, -0.2) is 49.9 Å². The molecule has 0 bridgehead atoms. The first-order valence-corrected chi connectivity index (χ1v) is 15.7. The number of azide groups is 1. The lowest BCUT2D eigenvalue weighted by molar-refractivity contribution is -0.129. The minimum absolute atomic E-state index is 0.0394. The Balaban J connectivity index is 1.60. The summed E-state index contributed by atoms with van der Waals surface area (Å²) >= 11 is 3.50. The van der Waals surface area contributed by atoms with Gasteiger partial charge in [-0.05, 0) is 59.1 Å². The van der Waals surface area contributed by atoms with Crippen LogP contribution in [-0.2, 0) is 22.5 Å². The van der Waals surface area contributed by atoms with E-state index in [0.717, 1.165) is 10.0 Å². The number of ether oxygens (including phenoxy) is 4. The maximum Gasteiger partial charge on any atom is 0.252 e. The molecule has 5 rings (SSSR count). The topological polar surface area (TPSA) is 147 Å². The van der Waals surface area contributed by atoms with Crippen molar-refractivity contribution in [2.75, 3.05) is 27.4 Å². The van der Waals surface area contributed by atoms with Crippen LogP contribution in [0.25, 0.3) is 10.4 Å². The number of rotatable bonds is 14. The standard InChI is InChI=1S/C35H34BrN5O6/c1-44-30-10-5-8-26(31(30)45-2)22-38-34(43)35(21-25-7-3-4-9-29(25)40-41-37)32(23-11-15-27(36)16-12-23)47-33(39-35)24-13-17-28(18-14-24)46-20-6-19-42/h3-5,7-18,32,42H,6,19-22H2,1-2H3,(H,38,43)/t32-,35-/m1/s1. The predicted octanol–water partition coefficient (Wildman–Crippen LogP) is 6.99. The monoisotopic (exact) mass is 699 g/mol. The largest absolute Gasteiger partial charge is 0.494 e. The number of halogens is 1. The number of para-hydroxylation sites is 1. The van der Waals surface area contributed by atoms with Crippen LogP contribution in [0.15, 0.2) is 106 Å². The quantitative estimate of drug-likeness (QED) is 0.0628. The highest BCUT2D eigenvalue weighted by molar-refractivity contribution is 9.10. The summed E-state index contributed by atoms with van der Waals surface area (Å²) in [5.74, 6) is 1.55. The molecule has 2 atom stereocenters. The van der Waals surface area contributed by atoms with Crippen LogP contribution in [0.2, 0.25) is 0 Å². The van der Waals surface area contributed by atoms with E-state index in [9.17, 15) is 10.3 Å². The van der Waals surface area contributed by atoms with E-state index in [4.69, 9.17) is 29.0 Å². The molecule has 0 fully saturated rings. The molecule has 12 heteroatoms. The lowest BCUT2D eigenvalue weighted by Gasteiger charge is -2.31. The molecular weight excluding hydrogens is 666 g/mol. The van der Waals surface area contributed by atoms with Gasteiger partial charge in [0.25, 0.3) is 5.91 Å². The molecule has 0 radical (unpaired) electrons. The molecule has 0 aliphatic carbocycles. The Morgan fingerprint density at radius 1 is 1.02 bits per heavy atom. The van der Waals surface area contributed by atoms with Crippen molar-refractivity contribution in [1.82, 2.24) is 5.32 Å². The van der Waals surface area contributed by atoms with Crippen molar-refractivity contribution in [2.24, 2.45) is 10.1 Å². The lowest BCUT2D eigenvalue weighted by atomic mass is 9.81. The number of benzene rings is 4. The third-order valence-corrected chi connectivity index (χ3v) is 8.26. The highest BCUT2D eigenvalue weighted by Gasteiger charge is 2.53. The van der Waals surface area contributed by atoms with Crippen LogP contribution in [0.5, 0.6) is 17.2 Å². The number of carbonyl (C=O) groups is 1. The average Bonchev–Trinajstić information content (AvgIpc) is 3.49. The minimum Gasteiger partial charge on any atom is -0.494 e. The molecule has 0 saturated carbocycles. The first-order valence-electron chi connectivity index (χ1n) is 14.9. The van der Waals surface area contributed by atoms with Gasteiger partial charge in [-0.15, -0.1) is 0 Å². The van der Waals surface area contributed by atoms with Crippen molar-refractivity contribution < 1.29 is 28.8 Å². The van der Waals surface area contributed by atoms with Crippen molar-refractivity contribution in [3.8, 4) is 17.2 Å². The highest BCUT2D eigenvalue weighted by Crippen LogP contribution is 2.44. The summed E-state index contributed by atoms with van der Waals surface area (Å²) in [5.41, 5.74) is 10.9. The van der Waals surface area contributed by atoms with E-state index in [1.807, 2.05) is 60.7 Å². The lowest BCUT2D eigenvalue weighted by Crippen LogP contribution is -2.49. The van der Waals surface area contributed by atoms with Gasteiger partial charge in [-0.25, -0.2) is 4.99 Å². The van der Waals surface area contributed by atoms with Gasteiger partial charge in [-0.1, -0.05) is 69.6 Å². The summed E-state index contributed by atoms with van der Waals surface area (Å²) in [6.07, 6.45) is -0.267. The maximum atomic E-state index is 14.7. The van der Waals surface area contributed by atoms with Gasteiger partial charge in [0.1, 0.15) is 5.75 Å². The molecular formula is C35H34BrN5O6. The Labute approximate surface area is 280 Å². The number of nitrogens with zero attached hydrogens (tertiary/aromatic N) is 4. The Morgan fingerprint density at radius 2 is 1.77 bits per heavy atom. The maximum absolute atomic E-state index is 14.7. The molecule has 242 valence electrons. The third-order valence-electron chi connectivity index (χ3n) is 7.73. The fraction of sp³-hybridized carbons (Fsp3) is 0.257. The van der Waals surface area contributed by atoms with Gasteiger partial charge in [-0.2, -0.15) is 0 Å². The van der Waals surface area contributed by atoms with Crippen molar-refractivity contribution >= 4 is 33.4 Å². The smallest absolute Gasteiger partial charge is 0.252 e. The molecule has 1 heterocycles. The van der Waals surface area contributed by atoms with Crippen LogP contribution in [0.4, 0.5) is 5.69 Å². The van der Waals surface area contributed by atoms with Gasteiger partial charge >= 0.3 is 0 Å². The number of hydrogen-bond donors (Lipinski definition) is 2. The van der Waals surface area contributed by atoms with Gasteiger partial charge in [-0.3, -0.25) is 4.79 Å². The number of amides is 1. The molecule has 0 aromatic heterocycles. The molecule has 1 aliphatic rings. The van der Waals surface area contributed by atoms with Gasteiger partial charge in [0.15, 0.2) is 23.1 Å². The molecule has 0 spiro atoms. The highest BCUT2D eigenvalue weighted by atomic mass is 79.9. The molecule has 4 aromatic carbocycles. The minimum atomic E-state index is -1.52. The van der Waals surface area contributed by atoms with E-state index in [-0.39, 0.29) is 25.5 Å². The summed E-state index contributed by atoms with van der Waals surface area (Å²) < 4.78 is 24.2. The molecule has 4 aromatic rings. The van der Waals surface area contributed by atoms with Gasteiger partial charge in [0.2, 0.25) is 5.90 Å². The second-order valence-corrected chi connectivity index (χ2v) is 11.6. The van der Waals surface area contributed by atoms with E-state index in [0.29, 0.717) is 52.7 Å². The van der Waals surface area contributed by atoms with Crippen LogP contribution in [0.3, 0.4) is 0 Å². The summed E-state index contributed by atoms with van der Waals surface area (Å²) in [5, 5.41) is 16.1. The van der Waals surface area contributed by atoms with Crippen molar-refractivity contribution in [1.29, 1.82) is 0 Å². The Hall–Kier alpha value is -5.03. The second kappa shape index (κ2) is 15.5. The number of aliphatic hydroxyl groups excluding tert-OH is 1. The number of hydrogen-bond acceptors (Lipinski definition) is 8. The summed E-state index contributed by atoms with van der Waals surface area (Å²) in [6, 6.07) is 27.3. The fourth-order valence-electron chi connectivity index (χ4n) is 5.44. The second-order valence-electron chi connectivity index (χ2n) is 10.7. The van der Waals surface area contributed by atoms with E-state index in [2.05, 4.69) is 31.3 Å². The number of aliphatic hydroxyl groups is 1. The SMILES string of the molecule is COc1cccc(CNC(=O)[C@]2(Cc3ccccc3N=[N+]=[N-])N=C(c3ccc(OCCCO)cc3)O[C@@H]2c2ccc(Br)cc2)c1OC. The first kappa shape index (κ1) is 33.3. The summed E-state index contributed by atoms with van der Waals surface area (Å²) in [7, 11) is 3.10. The predicted molar refractivity (Wildman–Crippen MR) is 181 cm³/mol. The van der Waals surface area contributed by atoms with Gasteiger partial charge in [0.05, 0.1) is 20.8 Å². The first-order chi connectivity index (χ1) is 22.9. The normalized spacial score (nSPS) is 16.8. The van der Waals surface area contributed by atoms with Gasteiger partial charge in [0, 0.05) is 52.2 Å². The van der Waals surface area contributed by atoms with Crippen LogP contribution in [0.1, 0.15) is 34.8 Å². The van der Waals surface area contributed by atoms with Crippen LogP contribution >= 0.6 is 15.9 Å². The molecule has 1 amide bonds. The Morgan fingerprint density at radius 3 is 2.47 bits per heavy atom. The Bertz CT molecular complexity index is 1780. The number of methoxy groups -OCH3 is 2. The number of nitrogens with one attached hydrogen (secondary N) is 1. The molecule has 1 aliphatic heterocycles. The summed E-state index contributed by atoms with van der Waals surface area (Å²) in [6.45, 7) is 0.541. The van der Waals surface area contributed by atoms with Crippen molar-refractivity contribution in [3.63, 3.8) is 0 Å².